The van der Waals surface area contributed by atoms with Crippen molar-refractivity contribution in [2.75, 3.05) is 5.32 Å². The van der Waals surface area contributed by atoms with E-state index in [1.165, 1.54) is 0 Å². The lowest BCUT2D eigenvalue weighted by molar-refractivity contribution is 0.101. The van der Waals surface area contributed by atoms with Crippen molar-refractivity contribution in [2.45, 2.75) is 25.8 Å². The van der Waals surface area contributed by atoms with Gasteiger partial charge < -0.3 is 4.57 Å². The highest BCUT2D eigenvalue weighted by Crippen LogP contribution is 2.37. The van der Waals surface area contributed by atoms with Crippen molar-refractivity contribution in [2.24, 2.45) is 7.05 Å². The quantitative estimate of drug-likeness (QED) is 0.792. The molecule has 0 spiro atoms. The predicted octanol–water partition coefficient (Wildman–Crippen LogP) is 1.97. The minimum Gasteiger partial charge on any atom is -0.306 e. The lowest BCUT2D eigenvalue weighted by atomic mass is 10.2. The van der Waals surface area contributed by atoms with Crippen LogP contribution in [0.2, 0.25) is 0 Å². The van der Waals surface area contributed by atoms with E-state index in [2.05, 4.69) is 25.7 Å². The number of carbonyl (C=O) groups is 1. The standard InChI is InChI=1S/C16H17N7O/c1-10-18-21-16(23(10)12-8-9-12)17-15(24)14-20-19-13(22(14)2)11-6-4-3-5-7-11/h3-7,12H,8-9H2,1-2H3,(H,17,21,24). The first kappa shape index (κ1) is 14.6. The van der Waals surface area contributed by atoms with Crippen LogP contribution >= 0.6 is 0 Å². The fourth-order valence-corrected chi connectivity index (χ4v) is 2.75. The molecule has 1 saturated carbocycles. The van der Waals surface area contributed by atoms with Crippen molar-refractivity contribution in [1.82, 2.24) is 29.5 Å². The van der Waals surface area contributed by atoms with Crippen molar-refractivity contribution >= 4 is 11.9 Å². The van der Waals surface area contributed by atoms with Crippen LogP contribution in [-0.2, 0) is 7.05 Å². The zero-order valence-electron chi connectivity index (χ0n) is 13.5. The molecule has 1 aliphatic carbocycles. The van der Waals surface area contributed by atoms with Crippen LogP contribution in [0.5, 0.6) is 0 Å². The summed E-state index contributed by atoms with van der Waals surface area (Å²) < 4.78 is 3.64. The molecule has 2 aromatic heterocycles. The maximum Gasteiger partial charge on any atom is 0.295 e. The average molecular weight is 323 g/mol. The summed E-state index contributed by atoms with van der Waals surface area (Å²) >= 11 is 0. The summed E-state index contributed by atoms with van der Waals surface area (Å²) in [5, 5.41) is 19.1. The third-order valence-electron chi connectivity index (χ3n) is 4.11. The fourth-order valence-electron chi connectivity index (χ4n) is 2.75. The average Bonchev–Trinajstić information content (AvgIpc) is 3.25. The number of benzene rings is 1. The molecule has 4 rings (SSSR count). The second-order valence-electron chi connectivity index (χ2n) is 5.90. The number of aromatic nitrogens is 6. The van der Waals surface area contributed by atoms with Gasteiger partial charge in [0.25, 0.3) is 5.91 Å². The van der Waals surface area contributed by atoms with E-state index in [1.807, 2.05) is 41.8 Å². The van der Waals surface area contributed by atoms with E-state index < -0.39 is 0 Å². The lowest BCUT2D eigenvalue weighted by Crippen LogP contribution is -2.20. The van der Waals surface area contributed by atoms with Crippen molar-refractivity contribution in [3.05, 3.63) is 42.0 Å². The molecule has 8 heteroatoms. The first-order chi connectivity index (χ1) is 11.6. The number of nitrogens with zero attached hydrogens (tertiary/aromatic N) is 6. The summed E-state index contributed by atoms with van der Waals surface area (Å²) in [6.07, 6.45) is 2.17. The third kappa shape index (κ3) is 2.45. The van der Waals surface area contributed by atoms with E-state index in [-0.39, 0.29) is 11.7 Å². The van der Waals surface area contributed by atoms with Crippen molar-refractivity contribution < 1.29 is 4.79 Å². The van der Waals surface area contributed by atoms with Crippen LogP contribution in [0, 0.1) is 6.92 Å². The normalized spacial score (nSPS) is 13.9. The molecule has 2 heterocycles. The largest absolute Gasteiger partial charge is 0.306 e. The van der Waals surface area contributed by atoms with Gasteiger partial charge in [-0.1, -0.05) is 30.3 Å². The molecular weight excluding hydrogens is 306 g/mol. The minimum atomic E-state index is -0.346. The molecule has 0 atom stereocenters. The summed E-state index contributed by atoms with van der Waals surface area (Å²) in [5.74, 6) is 1.79. The second-order valence-corrected chi connectivity index (χ2v) is 5.90. The number of rotatable bonds is 4. The van der Waals surface area contributed by atoms with E-state index >= 15 is 0 Å². The van der Waals surface area contributed by atoms with E-state index in [1.54, 1.807) is 11.6 Å². The molecule has 0 aliphatic heterocycles. The van der Waals surface area contributed by atoms with Gasteiger partial charge in [-0.05, 0) is 19.8 Å². The Morgan fingerprint density at radius 1 is 1.12 bits per heavy atom. The summed E-state index contributed by atoms with van der Waals surface area (Å²) in [6, 6.07) is 10.0. The van der Waals surface area contributed by atoms with Crippen LogP contribution < -0.4 is 5.32 Å². The number of amides is 1. The Bertz CT molecular complexity index is 893. The highest BCUT2D eigenvalue weighted by molar-refractivity contribution is 6.01. The van der Waals surface area contributed by atoms with Gasteiger partial charge in [-0.15, -0.1) is 20.4 Å². The zero-order valence-corrected chi connectivity index (χ0v) is 13.5. The van der Waals surface area contributed by atoms with Gasteiger partial charge in [0, 0.05) is 18.7 Å². The summed E-state index contributed by atoms with van der Waals surface area (Å²) in [4.78, 5) is 12.6. The summed E-state index contributed by atoms with van der Waals surface area (Å²) in [7, 11) is 1.77. The van der Waals surface area contributed by atoms with Crippen molar-refractivity contribution in [3.63, 3.8) is 0 Å². The Kier molecular flexibility index (Phi) is 3.37. The summed E-state index contributed by atoms with van der Waals surface area (Å²) in [6.45, 7) is 1.89. The molecule has 1 fully saturated rings. The Hall–Kier alpha value is -3.03. The highest BCUT2D eigenvalue weighted by Gasteiger charge is 2.29. The molecule has 24 heavy (non-hydrogen) atoms. The maximum absolute atomic E-state index is 12.6. The SMILES string of the molecule is Cc1nnc(NC(=O)c2nnc(-c3ccccc3)n2C)n1C1CC1. The number of hydrogen-bond acceptors (Lipinski definition) is 5. The Balaban J connectivity index is 1.61. The maximum atomic E-state index is 12.6. The zero-order chi connectivity index (χ0) is 16.7. The van der Waals surface area contributed by atoms with Gasteiger partial charge in [0.05, 0.1) is 0 Å². The molecule has 0 saturated heterocycles. The lowest BCUT2D eigenvalue weighted by Gasteiger charge is -2.08. The van der Waals surface area contributed by atoms with Gasteiger partial charge in [-0.25, -0.2) is 0 Å². The number of carbonyl (C=O) groups excluding carboxylic acids is 1. The molecule has 0 unspecified atom stereocenters. The van der Waals surface area contributed by atoms with Crippen LogP contribution in [0.25, 0.3) is 11.4 Å². The molecule has 3 aromatic rings. The molecule has 1 aliphatic rings. The van der Waals surface area contributed by atoms with Crippen LogP contribution in [0.15, 0.2) is 30.3 Å². The molecular formula is C16H17N7O. The second kappa shape index (κ2) is 5.55. The Morgan fingerprint density at radius 3 is 2.58 bits per heavy atom. The van der Waals surface area contributed by atoms with Gasteiger partial charge in [-0.2, -0.15) is 0 Å². The van der Waals surface area contributed by atoms with Crippen LogP contribution in [0.4, 0.5) is 5.95 Å². The Morgan fingerprint density at radius 2 is 1.88 bits per heavy atom. The number of aryl methyl sites for hydroxylation is 1. The van der Waals surface area contributed by atoms with Crippen LogP contribution in [0.1, 0.15) is 35.3 Å². The molecule has 1 amide bonds. The molecule has 8 nitrogen and oxygen atoms in total. The van der Waals surface area contributed by atoms with Crippen molar-refractivity contribution in [3.8, 4) is 11.4 Å². The molecule has 1 N–H and O–H groups in total. The van der Waals surface area contributed by atoms with Gasteiger partial charge in [0.2, 0.25) is 11.8 Å². The highest BCUT2D eigenvalue weighted by atomic mass is 16.2. The van der Waals surface area contributed by atoms with Gasteiger partial charge in [0.15, 0.2) is 5.82 Å². The third-order valence-corrected chi connectivity index (χ3v) is 4.11. The van der Waals surface area contributed by atoms with E-state index in [0.29, 0.717) is 17.8 Å². The molecule has 0 bridgehead atoms. The fraction of sp³-hybridized carbons (Fsp3) is 0.312. The van der Waals surface area contributed by atoms with Gasteiger partial charge in [-0.3, -0.25) is 14.7 Å². The van der Waals surface area contributed by atoms with E-state index in [4.69, 9.17) is 0 Å². The predicted molar refractivity (Wildman–Crippen MR) is 87.4 cm³/mol. The number of anilines is 1. The van der Waals surface area contributed by atoms with Gasteiger partial charge in [0.1, 0.15) is 5.82 Å². The van der Waals surface area contributed by atoms with Gasteiger partial charge >= 0.3 is 0 Å². The molecule has 122 valence electrons. The van der Waals surface area contributed by atoms with Crippen LogP contribution in [-0.4, -0.2) is 35.4 Å². The van der Waals surface area contributed by atoms with E-state index in [9.17, 15) is 4.79 Å². The molecule has 0 radical (unpaired) electrons. The first-order valence-corrected chi connectivity index (χ1v) is 7.83. The monoisotopic (exact) mass is 323 g/mol. The molecule has 1 aromatic carbocycles. The first-order valence-electron chi connectivity index (χ1n) is 7.83. The number of nitrogens with one attached hydrogen (secondary N) is 1. The Labute approximate surface area is 138 Å². The van der Waals surface area contributed by atoms with Crippen LogP contribution in [0.3, 0.4) is 0 Å². The minimum absolute atomic E-state index is 0.233. The summed E-state index contributed by atoms with van der Waals surface area (Å²) in [5.41, 5.74) is 0.906. The smallest absolute Gasteiger partial charge is 0.295 e. The van der Waals surface area contributed by atoms with Crippen molar-refractivity contribution in [1.29, 1.82) is 0 Å². The topological polar surface area (TPSA) is 90.5 Å². The number of hydrogen-bond donors (Lipinski definition) is 1. The van der Waals surface area contributed by atoms with E-state index in [0.717, 1.165) is 24.2 Å².